The zero-order chi connectivity index (χ0) is 18.0. The van der Waals surface area contributed by atoms with Gasteiger partial charge in [-0.1, -0.05) is 83.9 Å². The first-order valence-corrected chi connectivity index (χ1v) is 10.7. The summed E-state index contributed by atoms with van der Waals surface area (Å²) in [6.45, 7) is 15.8. The Hall–Kier alpha value is -0.780. The Bertz CT molecular complexity index is 415. The molecule has 0 fully saturated rings. The van der Waals surface area contributed by atoms with Gasteiger partial charge in [-0.2, -0.15) is 0 Å². The van der Waals surface area contributed by atoms with Crippen LogP contribution in [0.3, 0.4) is 0 Å². The van der Waals surface area contributed by atoms with E-state index in [2.05, 4.69) is 47.3 Å². The first-order chi connectivity index (χ1) is 11.7. The van der Waals surface area contributed by atoms with Crippen LogP contribution in [0.5, 0.6) is 0 Å². The molecule has 0 saturated heterocycles. The molecule has 0 saturated carbocycles. The number of hydrogen-bond donors (Lipinski definition) is 0. The van der Waals surface area contributed by atoms with Crippen molar-refractivity contribution in [1.82, 2.24) is 0 Å². The molecule has 1 aliphatic carbocycles. The summed E-state index contributed by atoms with van der Waals surface area (Å²) in [5.74, 6) is 0. The van der Waals surface area contributed by atoms with E-state index in [1.807, 2.05) is 11.1 Å². The molecular weight excluding hydrogens is 288 g/mol. The number of hydrogen-bond acceptors (Lipinski definition) is 0. The van der Waals surface area contributed by atoms with Crippen molar-refractivity contribution in [3.05, 3.63) is 34.9 Å². The molecule has 0 atom stereocenters. The Kier molecular flexibility index (Phi) is 9.71. The monoisotopic (exact) mass is 330 g/mol. The molecule has 0 heterocycles. The summed E-state index contributed by atoms with van der Waals surface area (Å²) in [4.78, 5) is 0. The minimum atomic E-state index is 0.365. The minimum absolute atomic E-state index is 0.365. The average molecular weight is 331 g/mol. The van der Waals surface area contributed by atoms with Crippen LogP contribution in [0.1, 0.15) is 112 Å². The molecule has 24 heavy (non-hydrogen) atoms. The van der Waals surface area contributed by atoms with E-state index >= 15 is 0 Å². The molecule has 0 aliphatic heterocycles. The third kappa shape index (κ3) is 4.44. The highest BCUT2D eigenvalue weighted by atomic mass is 14.5. The van der Waals surface area contributed by atoms with Gasteiger partial charge in [0.15, 0.2) is 0 Å². The standard InChI is InChI=1S/C24H42/c1-7-13-19-24(18-12-6)22(16-10-4)20(14-8-2)21(15-9-3)23(24)17-11-5/h7H,1,8-19H2,2-6H3. The molecule has 0 aromatic carbocycles. The van der Waals surface area contributed by atoms with Crippen LogP contribution in [0.15, 0.2) is 34.9 Å². The predicted octanol–water partition coefficient (Wildman–Crippen LogP) is 8.55. The van der Waals surface area contributed by atoms with Gasteiger partial charge in [0.2, 0.25) is 0 Å². The maximum absolute atomic E-state index is 4.03. The number of allylic oxidation sites excluding steroid dienone is 5. The Labute approximate surface area is 152 Å². The summed E-state index contributed by atoms with van der Waals surface area (Å²) in [6, 6.07) is 0. The van der Waals surface area contributed by atoms with Crippen LogP contribution in [0.4, 0.5) is 0 Å². The van der Waals surface area contributed by atoms with Crippen molar-refractivity contribution in [3.63, 3.8) is 0 Å². The quantitative estimate of drug-likeness (QED) is 0.297. The van der Waals surface area contributed by atoms with Gasteiger partial charge in [0, 0.05) is 5.41 Å². The predicted molar refractivity (Wildman–Crippen MR) is 110 cm³/mol. The van der Waals surface area contributed by atoms with E-state index in [4.69, 9.17) is 0 Å². The smallest absolute Gasteiger partial charge is 0.0135 e. The van der Waals surface area contributed by atoms with E-state index in [-0.39, 0.29) is 0 Å². The summed E-state index contributed by atoms with van der Waals surface area (Å²) < 4.78 is 0. The highest BCUT2D eigenvalue weighted by Crippen LogP contribution is 2.57. The normalized spacial score (nSPS) is 17.0. The lowest BCUT2D eigenvalue weighted by Gasteiger charge is -2.37. The lowest BCUT2D eigenvalue weighted by Crippen LogP contribution is -2.24. The lowest BCUT2D eigenvalue weighted by molar-refractivity contribution is 0.343. The highest BCUT2D eigenvalue weighted by Gasteiger charge is 2.43. The Morgan fingerprint density at radius 3 is 1.46 bits per heavy atom. The Morgan fingerprint density at radius 2 is 1.12 bits per heavy atom. The molecule has 0 amide bonds. The second-order valence-corrected chi connectivity index (χ2v) is 7.57. The van der Waals surface area contributed by atoms with Gasteiger partial charge in [-0.25, -0.2) is 0 Å². The van der Waals surface area contributed by atoms with E-state index in [0.29, 0.717) is 5.41 Å². The van der Waals surface area contributed by atoms with Crippen LogP contribution in [-0.2, 0) is 0 Å². The maximum atomic E-state index is 4.03. The van der Waals surface area contributed by atoms with Crippen molar-refractivity contribution in [1.29, 1.82) is 0 Å². The van der Waals surface area contributed by atoms with Gasteiger partial charge < -0.3 is 0 Å². The zero-order valence-corrected chi connectivity index (χ0v) is 17.3. The molecular formula is C24H42. The minimum Gasteiger partial charge on any atom is -0.103 e. The van der Waals surface area contributed by atoms with Crippen LogP contribution < -0.4 is 0 Å². The molecule has 0 nitrogen and oxygen atoms in total. The highest BCUT2D eigenvalue weighted by molar-refractivity contribution is 5.54. The van der Waals surface area contributed by atoms with Gasteiger partial charge in [-0.15, -0.1) is 6.58 Å². The summed E-state index contributed by atoms with van der Waals surface area (Å²) >= 11 is 0. The van der Waals surface area contributed by atoms with Crippen molar-refractivity contribution in [2.75, 3.05) is 0 Å². The summed E-state index contributed by atoms with van der Waals surface area (Å²) in [6.07, 6.45) is 17.5. The van der Waals surface area contributed by atoms with Gasteiger partial charge in [0.25, 0.3) is 0 Å². The fourth-order valence-corrected chi connectivity index (χ4v) is 5.01. The maximum Gasteiger partial charge on any atom is 0.0135 e. The number of rotatable bonds is 13. The van der Waals surface area contributed by atoms with E-state index in [9.17, 15) is 0 Å². The van der Waals surface area contributed by atoms with Crippen molar-refractivity contribution in [2.45, 2.75) is 112 Å². The first-order valence-electron chi connectivity index (χ1n) is 10.7. The summed E-state index contributed by atoms with van der Waals surface area (Å²) in [5.41, 5.74) is 7.60. The SMILES string of the molecule is C=CCCC1(CCC)C(CCC)=C(CCC)C(CCC)=C1CCC. The Balaban J connectivity index is 3.55. The summed E-state index contributed by atoms with van der Waals surface area (Å²) in [7, 11) is 0. The van der Waals surface area contributed by atoms with E-state index in [1.165, 1.54) is 70.6 Å². The Morgan fingerprint density at radius 1 is 0.667 bits per heavy atom. The van der Waals surface area contributed by atoms with E-state index in [0.717, 1.165) is 6.42 Å². The molecule has 0 aromatic heterocycles. The van der Waals surface area contributed by atoms with Crippen molar-refractivity contribution < 1.29 is 0 Å². The molecule has 0 aromatic rings. The van der Waals surface area contributed by atoms with E-state index in [1.54, 1.807) is 11.1 Å². The molecule has 1 rings (SSSR count). The van der Waals surface area contributed by atoms with Crippen LogP contribution in [-0.4, -0.2) is 0 Å². The van der Waals surface area contributed by atoms with Crippen molar-refractivity contribution in [2.24, 2.45) is 5.41 Å². The van der Waals surface area contributed by atoms with E-state index < -0.39 is 0 Å². The van der Waals surface area contributed by atoms with Crippen molar-refractivity contribution in [3.8, 4) is 0 Å². The first kappa shape index (κ1) is 21.3. The van der Waals surface area contributed by atoms with Gasteiger partial charge in [-0.3, -0.25) is 0 Å². The third-order valence-electron chi connectivity index (χ3n) is 5.70. The van der Waals surface area contributed by atoms with Gasteiger partial charge in [0.05, 0.1) is 0 Å². The molecule has 0 N–H and O–H groups in total. The molecule has 0 radical (unpaired) electrons. The fourth-order valence-electron chi connectivity index (χ4n) is 5.01. The van der Waals surface area contributed by atoms with Crippen LogP contribution in [0.2, 0.25) is 0 Å². The van der Waals surface area contributed by atoms with Crippen LogP contribution in [0.25, 0.3) is 0 Å². The molecule has 138 valence electrons. The van der Waals surface area contributed by atoms with Gasteiger partial charge in [-0.05, 0) is 56.1 Å². The molecule has 1 aliphatic rings. The van der Waals surface area contributed by atoms with Crippen LogP contribution >= 0.6 is 0 Å². The van der Waals surface area contributed by atoms with Crippen molar-refractivity contribution >= 4 is 0 Å². The summed E-state index contributed by atoms with van der Waals surface area (Å²) in [5, 5.41) is 0. The van der Waals surface area contributed by atoms with Gasteiger partial charge >= 0.3 is 0 Å². The molecule has 0 spiro atoms. The fraction of sp³-hybridized carbons (Fsp3) is 0.750. The third-order valence-corrected chi connectivity index (χ3v) is 5.70. The molecule has 0 heteroatoms. The second kappa shape index (κ2) is 11.0. The van der Waals surface area contributed by atoms with Gasteiger partial charge in [0.1, 0.15) is 0 Å². The van der Waals surface area contributed by atoms with Crippen LogP contribution in [0, 0.1) is 5.41 Å². The molecule has 0 unspecified atom stereocenters. The molecule has 0 bridgehead atoms. The largest absolute Gasteiger partial charge is 0.103 e. The lowest BCUT2D eigenvalue weighted by atomic mass is 9.67. The topological polar surface area (TPSA) is 0 Å². The zero-order valence-electron chi connectivity index (χ0n) is 17.3. The second-order valence-electron chi connectivity index (χ2n) is 7.57. The average Bonchev–Trinajstić information content (AvgIpc) is 2.79.